The first-order valence-corrected chi connectivity index (χ1v) is 8.05. The van der Waals surface area contributed by atoms with Crippen molar-refractivity contribution in [3.63, 3.8) is 0 Å². The van der Waals surface area contributed by atoms with Crippen LogP contribution in [0.3, 0.4) is 0 Å². The summed E-state index contributed by atoms with van der Waals surface area (Å²) in [6, 6.07) is 1.57. The summed E-state index contributed by atoms with van der Waals surface area (Å²) in [7, 11) is 0. The molecule has 2 unspecified atom stereocenters. The van der Waals surface area contributed by atoms with Crippen molar-refractivity contribution in [3.8, 4) is 0 Å². The van der Waals surface area contributed by atoms with Gasteiger partial charge in [-0.1, -0.05) is 6.42 Å². The molecule has 2 heterocycles. The van der Waals surface area contributed by atoms with Gasteiger partial charge in [-0.2, -0.15) is 5.10 Å². The van der Waals surface area contributed by atoms with Crippen LogP contribution in [0.15, 0.2) is 18.5 Å². The first-order valence-electron chi connectivity index (χ1n) is 8.05. The van der Waals surface area contributed by atoms with Gasteiger partial charge in [-0.05, 0) is 38.9 Å². The molecule has 1 fully saturated rings. The highest BCUT2D eigenvalue weighted by molar-refractivity contribution is 5.74. The fourth-order valence-corrected chi connectivity index (χ4v) is 2.72. The lowest BCUT2D eigenvalue weighted by atomic mass is 10.1. The number of carbonyl (C=O) groups is 1. The fourth-order valence-electron chi connectivity index (χ4n) is 2.72. The maximum Gasteiger partial charge on any atom is 0.315 e. The number of piperidine rings is 1. The fraction of sp³-hybridized carbons (Fsp3) is 0.733. The molecule has 3 N–H and O–H groups in total. The van der Waals surface area contributed by atoms with Gasteiger partial charge >= 0.3 is 6.03 Å². The number of β-amino-alcohol motifs (C(OH)–C–C–N with tert-alkyl or cyclic N) is 1. The lowest BCUT2D eigenvalue weighted by molar-refractivity contribution is 0.101. The minimum atomic E-state index is -0.523. The maximum absolute atomic E-state index is 11.8. The average molecular weight is 309 g/mol. The number of hydrogen-bond donors (Lipinski definition) is 3. The topological polar surface area (TPSA) is 82.4 Å². The summed E-state index contributed by atoms with van der Waals surface area (Å²) >= 11 is 0. The maximum atomic E-state index is 11.8. The molecule has 1 aromatic rings. The Kier molecular flexibility index (Phi) is 6.67. The minimum absolute atomic E-state index is 0.0286. The molecule has 1 saturated heterocycles. The highest BCUT2D eigenvalue weighted by atomic mass is 16.3. The van der Waals surface area contributed by atoms with Gasteiger partial charge in [0.1, 0.15) is 0 Å². The van der Waals surface area contributed by atoms with E-state index < -0.39 is 6.10 Å². The predicted molar refractivity (Wildman–Crippen MR) is 84.5 cm³/mol. The Morgan fingerprint density at radius 3 is 2.77 bits per heavy atom. The van der Waals surface area contributed by atoms with Gasteiger partial charge in [-0.3, -0.25) is 4.68 Å². The molecule has 22 heavy (non-hydrogen) atoms. The molecule has 7 heteroatoms. The first kappa shape index (κ1) is 16.8. The molecule has 1 aliphatic heterocycles. The van der Waals surface area contributed by atoms with Crippen LogP contribution in [0, 0.1) is 0 Å². The smallest absolute Gasteiger partial charge is 0.315 e. The summed E-state index contributed by atoms with van der Waals surface area (Å²) in [5, 5.41) is 19.7. The van der Waals surface area contributed by atoms with Gasteiger partial charge in [-0.15, -0.1) is 0 Å². The van der Waals surface area contributed by atoms with Crippen molar-refractivity contribution in [3.05, 3.63) is 18.5 Å². The number of urea groups is 1. The van der Waals surface area contributed by atoms with Crippen molar-refractivity contribution in [2.45, 2.75) is 44.9 Å². The Labute approximate surface area is 131 Å². The van der Waals surface area contributed by atoms with E-state index in [1.165, 1.54) is 19.3 Å². The van der Waals surface area contributed by atoms with Crippen LogP contribution in [0.2, 0.25) is 0 Å². The van der Waals surface area contributed by atoms with Gasteiger partial charge in [0, 0.05) is 31.5 Å². The highest BCUT2D eigenvalue weighted by Gasteiger charge is 2.15. The molecule has 1 aliphatic rings. The zero-order valence-corrected chi connectivity index (χ0v) is 13.2. The highest BCUT2D eigenvalue weighted by Crippen LogP contribution is 2.08. The molecule has 0 aromatic carbocycles. The second-order valence-electron chi connectivity index (χ2n) is 6.00. The Bertz CT molecular complexity index is 431. The SMILES string of the molecule is CC(Cn1cccn1)NC(=O)NCC(O)CN1CCCCC1. The number of amides is 2. The Balaban J connectivity index is 1.59. The molecule has 0 aliphatic carbocycles. The number of rotatable bonds is 7. The third-order valence-electron chi connectivity index (χ3n) is 3.81. The molecule has 2 rings (SSSR count). The van der Waals surface area contributed by atoms with Crippen LogP contribution in [-0.2, 0) is 6.54 Å². The van der Waals surface area contributed by atoms with Crippen LogP contribution in [0.5, 0.6) is 0 Å². The number of nitrogens with zero attached hydrogens (tertiary/aromatic N) is 3. The number of nitrogens with one attached hydrogen (secondary N) is 2. The molecule has 124 valence electrons. The van der Waals surface area contributed by atoms with Crippen LogP contribution in [0.1, 0.15) is 26.2 Å². The van der Waals surface area contributed by atoms with Gasteiger partial charge < -0.3 is 20.6 Å². The average Bonchev–Trinajstić information content (AvgIpc) is 2.99. The number of aliphatic hydroxyl groups is 1. The number of likely N-dealkylation sites (tertiary alicyclic amines) is 1. The zero-order valence-electron chi connectivity index (χ0n) is 13.2. The van der Waals surface area contributed by atoms with Crippen LogP contribution < -0.4 is 10.6 Å². The van der Waals surface area contributed by atoms with Crippen molar-refractivity contribution in [2.75, 3.05) is 26.2 Å². The van der Waals surface area contributed by atoms with Gasteiger partial charge in [0.15, 0.2) is 0 Å². The summed E-state index contributed by atoms with van der Waals surface area (Å²) in [4.78, 5) is 14.1. The minimum Gasteiger partial charge on any atom is -0.390 e. The Morgan fingerprint density at radius 1 is 1.32 bits per heavy atom. The third-order valence-corrected chi connectivity index (χ3v) is 3.81. The van der Waals surface area contributed by atoms with Gasteiger partial charge in [0.05, 0.1) is 12.6 Å². The lowest BCUT2D eigenvalue weighted by Gasteiger charge is -2.28. The summed E-state index contributed by atoms with van der Waals surface area (Å²) < 4.78 is 1.77. The van der Waals surface area contributed by atoms with E-state index in [-0.39, 0.29) is 18.6 Å². The standard InChI is InChI=1S/C15H27N5O2/c1-13(11-20-9-5-6-17-20)18-15(22)16-10-14(21)12-19-7-3-2-4-8-19/h5-6,9,13-14,21H,2-4,7-8,10-12H2,1H3,(H2,16,18,22). The first-order chi connectivity index (χ1) is 10.6. The number of aromatic nitrogens is 2. The molecule has 7 nitrogen and oxygen atoms in total. The molecule has 0 bridgehead atoms. The number of hydrogen-bond acceptors (Lipinski definition) is 4. The van der Waals surface area contributed by atoms with E-state index >= 15 is 0 Å². The third kappa shape index (κ3) is 6.03. The van der Waals surface area contributed by atoms with Gasteiger partial charge in [0.25, 0.3) is 0 Å². The molecule has 2 amide bonds. The predicted octanol–water partition coefficient (Wildman–Crippen LogP) is 0.418. The monoisotopic (exact) mass is 309 g/mol. The molecular formula is C15H27N5O2. The van der Waals surface area contributed by atoms with Crippen LogP contribution in [0.25, 0.3) is 0 Å². The molecule has 1 aromatic heterocycles. The van der Waals surface area contributed by atoms with Crippen molar-refractivity contribution in [1.29, 1.82) is 0 Å². The van der Waals surface area contributed by atoms with Crippen molar-refractivity contribution < 1.29 is 9.90 Å². The van der Waals surface area contributed by atoms with E-state index in [1.807, 2.05) is 19.2 Å². The quantitative estimate of drug-likeness (QED) is 0.682. The Hall–Kier alpha value is -1.60. The molecule has 0 radical (unpaired) electrons. The van der Waals surface area contributed by atoms with Crippen LogP contribution in [-0.4, -0.2) is 64.1 Å². The summed E-state index contributed by atoms with van der Waals surface area (Å²) in [5.74, 6) is 0. The van der Waals surface area contributed by atoms with E-state index in [1.54, 1.807) is 10.9 Å². The molecule has 0 spiro atoms. The second-order valence-corrected chi connectivity index (χ2v) is 6.00. The molecule has 0 saturated carbocycles. The van der Waals surface area contributed by atoms with Crippen molar-refractivity contribution in [2.24, 2.45) is 0 Å². The van der Waals surface area contributed by atoms with E-state index in [9.17, 15) is 9.90 Å². The van der Waals surface area contributed by atoms with E-state index in [0.29, 0.717) is 13.1 Å². The number of aliphatic hydroxyl groups excluding tert-OH is 1. The van der Waals surface area contributed by atoms with E-state index in [2.05, 4.69) is 20.6 Å². The summed E-state index contributed by atoms with van der Waals surface area (Å²) in [5.41, 5.74) is 0. The van der Waals surface area contributed by atoms with Crippen LogP contribution >= 0.6 is 0 Å². The van der Waals surface area contributed by atoms with E-state index in [0.717, 1.165) is 13.1 Å². The Morgan fingerprint density at radius 2 is 2.09 bits per heavy atom. The largest absolute Gasteiger partial charge is 0.390 e. The summed E-state index contributed by atoms with van der Waals surface area (Å²) in [6.45, 7) is 5.54. The van der Waals surface area contributed by atoms with Gasteiger partial charge in [-0.25, -0.2) is 4.79 Å². The van der Waals surface area contributed by atoms with Crippen molar-refractivity contribution >= 4 is 6.03 Å². The van der Waals surface area contributed by atoms with Crippen molar-refractivity contribution in [1.82, 2.24) is 25.3 Å². The summed E-state index contributed by atoms with van der Waals surface area (Å²) in [6.07, 6.45) is 6.73. The van der Waals surface area contributed by atoms with Gasteiger partial charge in [0.2, 0.25) is 0 Å². The zero-order chi connectivity index (χ0) is 15.8. The van der Waals surface area contributed by atoms with E-state index in [4.69, 9.17) is 0 Å². The number of carbonyl (C=O) groups excluding carboxylic acids is 1. The molecular weight excluding hydrogens is 282 g/mol. The lowest BCUT2D eigenvalue weighted by Crippen LogP contribution is -2.47. The second kappa shape index (κ2) is 8.75. The molecule has 2 atom stereocenters. The van der Waals surface area contributed by atoms with Crippen LogP contribution in [0.4, 0.5) is 4.79 Å². The normalized spacial score (nSPS) is 18.6.